The van der Waals surface area contributed by atoms with Crippen molar-refractivity contribution in [2.75, 3.05) is 13.2 Å². The second kappa shape index (κ2) is 45.7. The third-order valence-corrected chi connectivity index (χ3v) is 13.6. The van der Waals surface area contributed by atoms with Gasteiger partial charge in [0.05, 0.1) is 25.4 Å². The summed E-state index contributed by atoms with van der Waals surface area (Å²) < 4.78 is 11.1. The number of unbranched alkanes of at least 4 members (excludes halogenated alkanes) is 38. The van der Waals surface area contributed by atoms with E-state index in [9.17, 15) is 30.3 Å². The molecule has 0 aromatic rings. The largest absolute Gasteiger partial charge is 0.394 e. The number of amides is 1. The molecule has 7 atom stereocenters. The van der Waals surface area contributed by atoms with Crippen molar-refractivity contribution < 1.29 is 39.8 Å². The molecule has 1 aliphatic rings. The number of nitrogens with one attached hydrogen (secondary N) is 1. The first kappa shape index (κ1) is 60.9. The molecule has 0 saturated carbocycles. The normalized spacial score (nSPS) is 20.0. The van der Waals surface area contributed by atoms with Crippen LogP contribution in [0.5, 0.6) is 0 Å². The zero-order chi connectivity index (χ0) is 46.6. The van der Waals surface area contributed by atoms with Gasteiger partial charge in [-0.15, -0.1) is 0 Å². The van der Waals surface area contributed by atoms with E-state index in [1.807, 2.05) is 6.08 Å². The van der Waals surface area contributed by atoms with E-state index in [4.69, 9.17) is 9.47 Å². The van der Waals surface area contributed by atoms with Crippen LogP contribution in [0.1, 0.15) is 277 Å². The molecule has 1 saturated heterocycles. The van der Waals surface area contributed by atoms with Gasteiger partial charge in [0.2, 0.25) is 5.91 Å². The highest BCUT2D eigenvalue weighted by atomic mass is 16.7. The van der Waals surface area contributed by atoms with Crippen molar-refractivity contribution in [2.45, 2.75) is 320 Å². The highest BCUT2D eigenvalue weighted by Gasteiger charge is 2.44. The monoisotopic (exact) mass is 910 g/mol. The molecule has 9 nitrogen and oxygen atoms in total. The predicted octanol–water partition coefficient (Wildman–Crippen LogP) is 13.2. The number of allylic oxidation sites excluding steroid dienone is 1. The smallest absolute Gasteiger partial charge is 0.220 e. The van der Waals surface area contributed by atoms with Gasteiger partial charge in [-0.3, -0.25) is 4.79 Å². The standard InChI is InChI=1S/C55H107NO8/c1-3-5-7-9-10-11-12-13-14-15-16-17-18-19-20-21-22-23-24-25-26-27-28-29-30-31-32-33-34-35-36-37-38-39-41-43-45-51(59)56-48(49(58)44-42-40-8-6-4-2)47-63-55-54(62)53(61)52(60)50(46-57)64-55/h42,44,48-50,52-55,57-58,60-62H,3-41,43,45-47H2,1-2H3,(H,56,59)/b44-42+. The maximum Gasteiger partial charge on any atom is 0.220 e. The molecule has 1 fully saturated rings. The molecule has 1 heterocycles. The number of carbonyl (C=O) groups excluding carboxylic acids is 1. The van der Waals surface area contributed by atoms with Crippen LogP contribution in [-0.2, 0) is 14.3 Å². The van der Waals surface area contributed by atoms with Crippen molar-refractivity contribution >= 4 is 5.91 Å². The summed E-state index contributed by atoms with van der Waals surface area (Å²) in [6.07, 6.45) is 49.5. The highest BCUT2D eigenvalue weighted by Crippen LogP contribution is 2.23. The summed E-state index contributed by atoms with van der Waals surface area (Å²) >= 11 is 0. The van der Waals surface area contributed by atoms with Crippen LogP contribution < -0.4 is 5.32 Å². The summed E-state index contributed by atoms with van der Waals surface area (Å²) in [6, 6.07) is -0.796. The van der Waals surface area contributed by atoms with Crippen molar-refractivity contribution in [3.8, 4) is 0 Å². The third kappa shape index (κ3) is 35.1. The molecule has 6 N–H and O–H groups in total. The summed E-state index contributed by atoms with van der Waals surface area (Å²) in [6.45, 7) is 3.68. The molecule has 9 heteroatoms. The molecule has 380 valence electrons. The van der Waals surface area contributed by atoms with E-state index >= 15 is 0 Å². The number of aliphatic hydroxyl groups is 5. The second-order valence-corrected chi connectivity index (χ2v) is 19.7. The lowest BCUT2D eigenvalue weighted by molar-refractivity contribution is -0.302. The molecule has 0 aromatic heterocycles. The van der Waals surface area contributed by atoms with E-state index in [2.05, 4.69) is 19.2 Å². The fourth-order valence-electron chi connectivity index (χ4n) is 9.16. The van der Waals surface area contributed by atoms with Crippen LogP contribution in [0, 0.1) is 0 Å². The SMILES string of the molecule is CCCCC/C=C/C(O)C(COC1OC(CO)C(O)C(O)C1O)NC(=O)CCCCCCCCCCCCCCCCCCCCCCCCCCCCCCCCCCCCCC. The van der Waals surface area contributed by atoms with Crippen LogP contribution in [0.4, 0.5) is 0 Å². The first-order valence-electron chi connectivity index (χ1n) is 27.9. The van der Waals surface area contributed by atoms with Crippen LogP contribution in [-0.4, -0.2) is 87.5 Å². The Labute approximate surface area is 395 Å². The van der Waals surface area contributed by atoms with Crippen molar-refractivity contribution in [1.82, 2.24) is 5.32 Å². The first-order valence-corrected chi connectivity index (χ1v) is 27.9. The Morgan fingerprint density at radius 2 is 0.859 bits per heavy atom. The Bertz CT molecular complexity index is 1010. The number of ether oxygens (including phenoxy) is 2. The third-order valence-electron chi connectivity index (χ3n) is 13.6. The molecule has 0 aliphatic carbocycles. The Morgan fingerprint density at radius 1 is 0.516 bits per heavy atom. The number of carbonyl (C=O) groups is 1. The molecule has 1 amide bonds. The average Bonchev–Trinajstić information content (AvgIpc) is 3.29. The molecular weight excluding hydrogens is 803 g/mol. The average molecular weight is 910 g/mol. The van der Waals surface area contributed by atoms with Crippen LogP contribution >= 0.6 is 0 Å². The fourth-order valence-corrected chi connectivity index (χ4v) is 9.16. The summed E-state index contributed by atoms with van der Waals surface area (Å²) in [5.74, 6) is -0.179. The molecule has 0 radical (unpaired) electrons. The molecule has 64 heavy (non-hydrogen) atoms. The van der Waals surface area contributed by atoms with Gasteiger partial charge in [0, 0.05) is 6.42 Å². The first-order chi connectivity index (χ1) is 31.3. The minimum absolute atomic E-state index is 0.179. The molecule has 0 spiro atoms. The molecule has 0 aromatic carbocycles. The van der Waals surface area contributed by atoms with E-state index in [1.165, 1.54) is 212 Å². The van der Waals surface area contributed by atoms with Gasteiger partial charge in [0.15, 0.2) is 6.29 Å². The summed E-state index contributed by atoms with van der Waals surface area (Å²) in [4.78, 5) is 12.9. The van der Waals surface area contributed by atoms with Gasteiger partial charge in [-0.05, 0) is 19.3 Å². The molecule has 1 aliphatic heterocycles. The molecular formula is C55H107NO8. The van der Waals surface area contributed by atoms with Gasteiger partial charge in [0.1, 0.15) is 24.4 Å². The van der Waals surface area contributed by atoms with E-state index < -0.39 is 49.5 Å². The van der Waals surface area contributed by atoms with E-state index in [-0.39, 0.29) is 12.5 Å². The quantitative estimate of drug-likeness (QED) is 0.0261. The summed E-state index contributed by atoms with van der Waals surface area (Å²) in [5.41, 5.74) is 0. The van der Waals surface area contributed by atoms with Crippen molar-refractivity contribution in [1.29, 1.82) is 0 Å². The summed E-state index contributed by atoms with van der Waals surface area (Å²) in [5, 5.41) is 53.8. The lowest BCUT2D eigenvalue weighted by Crippen LogP contribution is -2.60. The van der Waals surface area contributed by atoms with Gasteiger partial charge in [-0.2, -0.15) is 0 Å². The fraction of sp³-hybridized carbons (Fsp3) is 0.945. The zero-order valence-electron chi connectivity index (χ0n) is 42.1. The number of rotatable bonds is 48. The van der Waals surface area contributed by atoms with Gasteiger partial charge in [0.25, 0.3) is 0 Å². The lowest BCUT2D eigenvalue weighted by atomic mass is 9.99. The second-order valence-electron chi connectivity index (χ2n) is 19.7. The van der Waals surface area contributed by atoms with Crippen molar-refractivity contribution in [2.24, 2.45) is 0 Å². The minimum atomic E-state index is -1.56. The van der Waals surface area contributed by atoms with E-state index in [1.54, 1.807) is 6.08 Å². The van der Waals surface area contributed by atoms with Gasteiger partial charge in [-0.25, -0.2) is 0 Å². The zero-order valence-corrected chi connectivity index (χ0v) is 42.1. The molecule has 7 unspecified atom stereocenters. The minimum Gasteiger partial charge on any atom is -0.394 e. The Kier molecular flexibility index (Phi) is 43.5. The molecule has 0 bridgehead atoms. The Morgan fingerprint density at radius 3 is 1.22 bits per heavy atom. The maximum atomic E-state index is 12.9. The maximum absolute atomic E-state index is 12.9. The van der Waals surface area contributed by atoms with E-state index in [0.29, 0.717) is 6.42 Å². The van der Waals surface area contributed by atoms with Crippen LogP contribution in [0.2, 0.25) is 0 Å². The van der Waals surface area contributed by atoms with Crippen LogP contribution in [0.3, 0.4) is 0 Å². The van der Waals surface area contributed by atoms with Gasteiger partial charge in [-0.1, -0.05) is 264 Å². The number of aliphatic hydroxyl groups excluding tert-OH is 5. The number of hydrogen-bond donors (Lipinski definition) is 6. The van der Waals surface area contributed by atoms with Crippen molar-refractivity contribution in [3.63, 3.8) is 0 Å². The van der Waals surface area contributed by atoms with Gasteiger partial charge >= 0.3 is 0 Å². The van der Waals surface area contributed by atoms with Crippen molar-refractivity contribution in [3.05, 3.63) is 12.2 Å². The van der Waals surface area contributed by atoms with Crippen LogP contribution in [0.25, 0.3) is 0 Å². The lowest BCUT2D eigenvalue weighted by Gasteiger charge is -2.40. The van der Waals surface area contributed by atoms with E-state index in [0.717, 1.165) is 44.9 Å². The molecule has 1 rings (SSSR count). The highest BCUT2D eigenvalue weighted by molar-refractivity contribution is 5.76. The summed E-state index contributed by atoms with van der Waals surface area (Å²) in [7, 11) is 0. The predicted molar refractivity (Wildman–Crippen MR) is 267 cm³/mol. The Hall–Kier alpha value is -1.07. The van der Waals surface area contributed by atoms with Gasteiger partial charge < -0.3 is 40.3 Å². The Balaban J connectivity index is 1.93. The van der Waals surface area contributed by atoms with Crippen LogP contribution in [0.15, 0.2) is 12.2 Å². The topological polar surface area (TPSA) is 149 Å². The number of hydrogen-bond acceptors (Lipinski definition) is 8.